The number of hydrogen-bond donors (Lipinski definition) is 1. The maximum Gasteiger partial charge on any atom is 0.0761 e. The number of aliphatic hydroxyl groups is 1. The molecule has 0 aliphatic carbocycles. The van der Waals surface area contributed by atoms with Gasteiger partial charge >= 0.3 is 0 Å². The van der Waals surface area contributed by atoms with Crippen LogP contribution in [0.1, 0.15) is 51.3 Å². The van der Waals surface area contributed by atoms with Gasteiger partial charge in [0.05, 0.1) is 6.10 Å². The van der Waals surface area contributed by atoms with E-state index in [1.54, 1.807) is 6.92 Å². The summed E-state index contributed by atoms with van der Waals surface area (Å²) in [5.41, 5.74) is 2.56. The zero-order chi connectivity index (χ0) is 10.8. The molecule has 0 aliphatic rings. The Hall–Kier alpha value is -0.820. The van der Waals surface area contributed by atoms with Crippen molar-refractivity contribution in [3.05, 3.63) is 35.4 Å². The largest absolute Gasteiger partial charge is 0.389 e. The predicted molar refractivity (Wildman–Crippen MR) is 60.4 cm³/mol. The Morgan fingerprint density at radius 1 is 1.21 bits per heavy atom. The molecule has 0 saturated heterocycles. The molecule has 0 amide bonds. The maximum atomic E-state index is 9.37. The van der Waals surface area contributed by atoms with E-state index in [0.717, 1.165) is 12.0 Å². The van der Waals surface area contributed by atoms with Gasteiger partial charge in [0, 0.05) is 0 Å². The van der Waals surface area contributed by atoms with Gasteiger partial charge in [-0.3, -0.25) is 0 Å². The van der Waals surface area contributed by atoms with Crippen molar-refractivity contribution < 1.29 is 5.11 Å². The standard InChI is InChI=1S/C13H20O/c1-5-13(3,4)12-8-6-11(7-9-12)10(2)14/h6-10,14H,5H2,1-4H3/t10-/m0/s1. The molecule has 0 radical (unpaired) electrons. The van der Waals surface area contributed by atoms with Crippen molar-refractivity contribution in [3.8, 4) is 0 Å². The van der Waals surface area contributed by atoms with Crippen molar-refractivity contribution in [1.82, 2.24) is 0 Å². The number of benzene rings is 1. The smallest absolute Gasteiger partial charge is 0.0761 e. The third-order valence-electron chi connectivity index (χ3n) is 3.06. The summed E-state index contributed by atoms with van der Waals surface area (Å²) in [5.74, 6) is 0. The summed E-state index contributed by atoms with van der Waals surface area (Å²) in [6, 6.07) is 8.26. The van der Waals surface area contributed by atoms with Gasteiger partial charge < -0.3 is 5.11 Å². The summed E-state index contributed by atoms with van der Waals surface area (Å²) in [6.45, 7) is 8.47. The molecule has 0 bridgehead atoms. The Morgan fingerprint density at radius 3 is 2.07 bits per heavy atom. The van der Waals surface area contributed by atoms with Crippen LogP contribution in [-0.2, 0) is 5.41 Å². The van der Waals surface area contributed by atoms with Crippen molar-refractivity contribution >= 4 is 0 Å². The lowest BCUT2D eigenvalue weighted by Gasteiger charge is -2.23. The van der Waals surface area contributed by atoms with Crippen LogP contribution in [-0.4, -0.2) is 5.11 Å². The van der Waals surface area contributed by atoms with Crippen molar-refractivity contribution in [2.24, 2.45) is 0 Å². The van der Waals surface area contributed by atoms with E-state index in [0.29, 0.717) is 0 Å². The first kappa shape index (κ1) is 11.3. The van der Waals surface area contributed by atoms with Gasteiger partial charge in [-0.05, 0) is 29.9 Å². The lowest BCUT2D eigenvalue weighted by Crippen LogP contribution is -2.15. The monoisotopic (exact) mass is 192 g/mol. The average molecular weight is 192 g/mol. The Balaban J connectivity index is 2.94. The van der Waals surface area contributed by atoms with Crippen LogP contribution in [0, 0.1) is 0 Å². The number of hydrogen-bond acceptors (Lipinski definition) is 1. The topological polar surface area (TPSA) is 20.2 Å². The maximum absolute atomic E-state index is 9.37. The van der Waals surface area contributed by atoms with Crippen molar-refractivity contribution in [3.63, 3.8) is 0 Å². The summed E-state index contributed by atoms with van der Waals surface area (Å²) >= 11 is 0. The van der Waals surface area contributed by atoms with E-state index in [9.17, 15) is 5.11 Å². The van der Waals surface area contributed by atoms with E-state index >= 15 is 0 Å². The lowest BCUT2D eigenvalue weighted by atomic mass is 9.82. The molecule has 1 N–H and O–H groups in total. The van der Waals surface area contributed by atoms with Crippen LogP contribution in [0.15, 0.2) is 24.3 Å². The highest BCUT2D eigenvalue weighted by molar-refractivity contribution is 5.28. The van der Waals surface area contributed by atoms with Crippen LogP contribution >= 0.6 is 0 Å². The highest BCUT2D eigenvalue weighted by Gasteiger charge is 2.17. The quantitative estimate of drug-likeness (QED) is 0.778. The molecule has 1 rings (SSSR count). The molecular weight excluding hydrogens is 172 g/mol. The van der Waals surface area contributed by atoms with Gasteiger partial charge in [-0.25, -0.2) is 0 Å². The van der Waals surface area contributed by atoms with Crippen LogP contribution in [0.3, 0.4) is 0 Å². The van der Waals surface area contributed by atoms with Gasteiger partial charge in [0.25, 0.3) is 0 Å². The molecule has 0 aliphatic heterocycles. The third-order valence-corrected chi connectivity index (χ3v) is 3.06. The molecule has 0 fully saturated rings. The Kier molecular flexibility index (Phi) is 3.33. The molecule has 1 nitrogen and oxygen atoms in total. The van der Waals surface area contributed by atoms with Gasteiger partial charge in [0.1, 0.15) is 0 Å². The van der Waals surface area contributed by atoms with Crippen molar-refractivity contribution in [1.29, 1.82) is 0 Å². The molecule has 0 aromatic heterocycles. The minimum absolute atomic E-state index is 0.233. The van der Waals surface area contributed by atoms with Crippen molar-refractivity contribution in [2.75, 3.05) is 0 Å². The molecule has 0 heterocycles. The second kappa shape index (κ2) is 4.14. The zero-order valence-electron chi connectivity index (χ0n) is 9.54. The van der Waals surface area contributed by atoms with E-state index in [2.05, 4.69) is 32.9 Å². The van der Waals surface area contributed by atoms with E-state index in [4.69, 9.17) is 0 Å². The molecule has 0 spiro atoms. The Morgan fingerprint density at radius 2 is 1.71 bits per heavy atom. The first-order valence-corrected chi connectivity index (χ1v) is 5.26. The fourth-order valence-corrected chi connectivity index (χ4v) is 1.42. The average Bonchev–Trinajstić information content (AvgIpc) is 2.18. The second-order valence-electron chi connectivity index (χ2n) is 4.54. The summed E-state index contributed by atoms with van der Waals surface area (Å²) in [6.07, 6.45) is 0.759. The van der Waals surface area contributed by atoms with E-state index < -0.39 is 0 Å². The number of aliphatic hydroxyl groups excluding tert-OH is 1. The molecule has 1 heteroatoms. The van der Waals surface area contributed by atoms with Gasteiger partial charge in [-0.1, -0.05) is 45.0 Å². The van der Waals surface area contributed by atoms with Gasteiger partial charge in [0.2, 0.25) is 0 Å². The molecule has 1 aromatic carbocycles. The first-order chi connectivity index (χ1) is 6.47. The first-order valence-electron chi connectivity index (χ1n) is 5.26. The Bertz CT molecular complexity index is 283. The summed E-state index contributed by atoms with van der Waals surface area (Å²) in [5, 5.41) is 9.37. The zero-order valence-corrected chi connectivity index (χ0v) is 9.54. The molecule has 0 unspecified atom stereocenters. The fraction of sp³-hybridized carbons (Fsp3) is 0.538. The summed E-state index contributed by atoms with van der Waals surface area (Å²) < 4.78 is 0. The summed E-state index contributed by atoms with van der Waals surface area (Å²) in [4.78, 5) is 0. The van der Waals surface area contributed by atoms with E-state index in [1.165, 1.54) is 5.56 Å². The minimum Gasteiger partial charge on any atom is -0.389 e. The van der Waals surface area contributed by atoms with Crippen LogP contribution in [0.2, 0.25) is 0 Å². The molecule has 14 heavy (non-hydrogen) atoms. The molecule has 78 valence electrons. The predicted octanol–water partition coefficient (Wildman–Crippen LogP) is 3.43. The molecular formula is C13H20O. The van der Waals surface area contributed by atoms with Crippen LogP contribution < -0.4 is 0 Å². The van der Waals surface area contributed by atoms with E-state index in [-0.39, 0.29) is 11.5 Å². The SMILES string of the molecule is CCC(C)(C)c1ccc([C@H](C)O)cc1. The minimum atomic E-state index is -0.367. The van der Waals surface area contributed by atoms with Gasteiger partial charge in [-0.15, -0.1) is 0 Å². The third kappa shape index (κ3) is 2.36. The number of rotatable bonds is 3. The fourth-order valence-electron chi connectivity index (χ4n) is 1.42. The van der Waals surface area contributed by atoms with E-state index in [1.807, 2.05) is 12.1 Å². The summed E-state index contributed by atoms with van der Waals surface area (Å²) in [7, 11) is 0. The van der Waals surface area contributed by atoms with Crippen molar-refractivity contribution in [2.45, 2.75) is 45.6 Å². The highest BCUT2D eigenvalue weighted by Crippen LogP contribution is 2.27. The second-order valence-corrected chi connectivity index (χ2v) is 4.54. The lowest BCUT2D eigenvalue weighted by molar-refractivity contribution is 0.199. The van der Waals surface area contributed by atoms with Crippen LogP contribution in [0.5, 0.6) is 0 Å². The van der Waals surface area contributed by atoms with Crippen LogP contribution in [0.25, 0.3) is 0 Å². The van der Waals surface area contributed by atoms with Gasteiger partial charge in [-0.2, -0.15) is 0 Å². The van der Waals surface area contributed by atoms with Crippen LogP contribution in [0.4, 0.5) is 0 Å². The molecule has 1 aromatic rings. The normalized spacial score (nSPS) is 14.1. The Labute approximate surface area is 86.8 Å². The van der Waals surface area contributed by atoms with Gasteiger partial charge in [0.15, 0.2) is 0 Å². The molecule has 1 atom stereocenters. The molecule has 0 saturated carbocycles. The highest BCUT2D eigenvalue weighted by atomic mass is 16.3.